The number of pyridine rings is 1. The molecule has 0 N–H and O–H groups in total. The lowest BCUT2D eigenvalue weighted by molar-refractivity contribution is -0.136. The highest BCUT2D eigenvalue weighted by Crippen LogP contribution is 2.09. The van der Waals surface area contributed by atoms with E-state index < -0.39 is 0 Å². The van der Waals surface area contributed by atoms with Gasteiger partial charge in [-0.3, -0.25) is 14.6 Å². The second kappa shape index (κ2) is 6.47. The van der Waals surface area contributed by atoms with Crippen molar-refractivity contribution in [1.29, 1.82) is 0 Å². The summed E-state index contributed by atoms with van der Waals surface area (Å²) in [6, 6.07) is 3.61. The highest BCUT2D eigenvalue weighted by molar-refractivity contribution is 5.94. The normalized spacial score (nSPS) is 15.3. The first-order chi connectivity index (χ1) is 9.61. The van der Waals surface area contributed by atoms with Crippen LogP contribution in [0.5, 0.6) is 0 Å². The Morgan fingerprint density at radius 3 is 2.40 bits per heavy atom. The monoisotopic (exact) mass is 277 g/mol. The van der Waals surface area contributed by atoms with Crippen LogP contribution < -0.4 is 0 Å². The Hall–Kier alpha value is -1.95. The predicted molar refractivity (Wildman–Crippen MR) is 73.3 cm³/mol. The maximum atomic E-state index is 12.3. The maximum Gasteiger partial charge on any atom is 0.255 e. The first-order valence-electron chi connectivity index (χ1n) is 6.60. The van der Waals surface area contributed by atoms with Crippen molar-refractivity contribution < 1.29 is 14.3 Å². The lowest BCUT2D eigenvalue weighted by Crippen LogP contribution is -2.51. The fourth-order valence-electron chi connectivity index (χ4n) is 2.15. The van der Waals surface area contributed by atoms with Crippen molar-refractivity contribution in [3.05, 3.63) is 29.6 Å². The van der Waals surface area contributed by atoms with E-state index in [4.69, 9.17) is 4.74 Å². The van der Waals surface area contributed by atoms with Crippen LogP contribution in [0, 0.1) is 6.92 Å². The van der Waals surface area contributed by atoms with Gasteiger partial charge < -0.3 is 14.5 Å². The largest absolute Gasteiger partial charge is 0.375 e. The van der Waals surface area contributed by atoms with Crippen molar-refractivity contribution in [1.82, 2.24) is 14.8 Å². The van der Waals surface area contributed by atoms with Gasteiger partial charge in [0.1, 0.15) is 6.61 Å². The molecule has 1 aliphatic heterocycles. The van der Waals surface area contributed by atoms with Gasteiger partial charge in [-0.25, -0.2) is 0 Å². The van der Waals surface area contributed by atoms with Gasteiger partial charge in [0.2, 0.25) is 5.91 Å². The van der Waals surface area contributed by atoms with E-state index in [0.717, 1.165) is 5.69 Å². The Morgan fingerprint density at radius 2 is 1.85 bits per heavy atom. The summed E-state index contributed by atoms with van der Waals surface area (Å²) in [7, 11) is 1.50. The summed E-state index contributed by atoms with van der Waals surface area (Å²) < 4.78 is 4.83. The van der Waals surface area contributed by atoms with E-state index in [1.807, 2.05) is 13.0 Å². The Balaban J connectivity index is 1.92. The molecule has 2 heterocycles. The number of nitrogens with zero attached hydrogens (tertiary/aromatic N) is 3. The number of carbonyl (C=O) groups excluding carboxylic acids is 2. The number of piperazine rings is 1. The maximum absolute atomic E-state index is 12.3. The molecule has 6 nitrogen and oxygen atoms in total. The van der Waals surface area contributed by atoms with E-state index in [1.165, 1.54) is 7.11 Å². The summed E-state index contributed by atoms with van der Waals surface area (Å²) in [4.78, 5) is 31.6. The molecule has 1 aromatic heterocycles. The van der Waals surface area contributed by atoms with Crippen molar-refractivity contribution in [2.45, 2.75) is 6.92 Å². The number of carbonyl (C=O) groups is 2. The highest BCUT2D eigenvalue weighted by atomic mass is 16.5. The van der Waals surface area contributed by atoms with Gasteiger partial charge in [0, 0.05) is 45.2 Å². The first-order valence-corrected chi connectivity index (χ1v) is 6.60. The highest BCUT2D eigenvalue weighted by Gasteiger charge is 2.24. The molecule has 2 rings (SSSR count). The average Bonchev–Trinajstić information content (AvgIpc) is 2.48. The third kappa shape index (κ3) is 3.33. The quantitative estimate of drug-likeness (QED) is 0.798. The Labute approximate surface area is 118 Å². The average molecular weight is 277 g/mol. The van der Waals surface area contributed by atoms with Gasteiger partial charge >= 0.3 is 0 Å². The molecule has 20 heavy (non-hydrogen) atoms. The van der Waals surface area contributed by atoms with Gasteiger partial charge in [-0.1, -0.05) is 0 Å². The van der Waals surface area contributed by atoms with Crippen LogP contribution in [0.4, 0.5) is 0 Å². The Bertz CT molecular complexity index is 479. The summed E-state index contributed by atoms with van der Waals surface area (Å²) in [5.41, 5.74) is 1.48. The number of ether oxygens (including phenoxy) is 1. The van der Waals surface area contributed by atoms with Crippen LogP contribution in [0.15, 0.2) is 18.3 Å². The van der Waals surface area contributed by atoms with Crippen LogP contribution in [-0.4, -0.2) is 66.5 Å². The molecule has 1 saturated heterocycles. The SMILES string of the molecule is COCC(=O)N1CCN(C(=O)c2ccc(C)nc2)CC1. The standard InChI is InChI=1S/C14H19N3O3/c1-11-3-4-12(9-15-11)14(19)17-7-5-16(6-8-17)13(18)10-20-2/h3-4,9H,5-8,10H2,1-2H3. The number of aromatic nitrogens is 1. The van der Waals surface area contributed by atoms with Gasteiger partial charge in [-0.05, 0) is 19.1 Å². The molecule has 1 fully saturated rings. The van der Waals surface area contributed by atoms with Crippen LogP contribution in [0.1, 0.15) is 16.1 Å². The zero-order chi connectivity index (χ0) is 14.5. The Morgan fingerprint density at radius 1 is 1.20 bits per heavy atom. The van der Waals surface area contributed by atoms with Crippen molar-refractivity contribution in [2.24, 2.45) is 0 Å². The smallest absolute Gasteiger partial charge is 0.255 e. The summed E-state index contributed by atoms with van der Waals surface area (Å²) in [6.07, 6.45) is 1.60. The first kappa shape index (κ1) is 14.5. The minimum absolute atomic E-state index is 0.0309. The van der Waals surface area contributed by atoms with Crippen molar-refractivity contribution in [2.75, 3.05) is 39.9 Å². The molecule has 0 aliphatic carbocycles. The van der Waals surface area contributed by atoms with Crippen molar-refractivity contribution in [3.8, 4) is 0 Å². The zero-order valence-electron chi connectivity index (χ0n) is 11.8. The van der Waals surface area contributed by atoms with Crippen LogP contribution in [0.3, 0.4) is 0 Å². The molecule has 108 valence electrons. The van der Waals surface area contributed by atoms with E-state index in [2.05, 4.69) is 4.98 Å². The summed E-state index contributed by atoms with van der Waals surface area (Å²) in [6.45, 7) is 4.16. The number of rotatable bonds is 3. The van der Waals surface area contributed by atoms with Crippen molar-refractivity contribution in [3.63, 3.8) is 0 Å². The number of hydrogen-bond acceptors (Lipinski definition) is 4. The Kier molecular flexibility index (Phi) is 4.68. The molecule has 0 unspecified atom stereocenters. The van der Waals surface area contributed by atoms with Gasteiger partial charge in [0.05, 0.1) is 5.56 Å². The molecular weight excluding hydrogens is 258 g/mol. The molecular formula is C14H19N3O3. The van der Waals surface area contributed by atoms with Crippen LogP contribution in [0.2, 0.25) is 0 Å². The minimum Gasteiger partial charge on any atom is -0.375 e. The topological polar surface area (TPSA) is 62.7 Å². The molecule has 0 aromatic carbocycles. The van der Waals surface area contributed by atoms with Crippen LogP contribution in [0.25, 0.3) is 0 Å². The molecule has 0 saturated carbocycles. The second-order valence-corrected chi connectivity index (χ2v) is 4.79. The summed E-state index contributed by atoms with van der Waals surface area (Å²) in [5, 5.41) is 0. The van der Waals surface area contributed by atoms with Gasteiger partial charge in [-0.2, -0.15) is 0 Å². The molecule has 0 radical (unpaired) electrons. The molecule has 0 spiro atoms. The van der Waals surface area contributed by atoms with Gasteiger partial charge in [0.25, 0.3) is 5.91 Å². The lowest BCUT2D eigenvalue weighted by atomic mass is 10.2. The third-order valence-electron chi connectivity index (χ3n) is 3.35. The molecule has 6 heteroatoms. The number of amides is 2. The molecule has 1 aromatic rings. The molecule has 2 amide bonds. The summed E-state index contributed by atoms with van der Waals surface area (Å²) >= 11 is 0. The van der Waals surface area contributed by atoms with E-state index in [0.29, 0.717) is 31.7 Å². The number of hydrogen-bond donors (Lipinski definition) is 0. The van der Waals surface area contributed by atoms with E-state index >= 15 is 0 Å². The van der Waals surface area contributed by atoms with Crippen LogP contribution >= 0.6 is 0 Å². The fraction of sp³-hybridized carbons (Fsp3) is 0.500. The number of aryl methyl sites for hydroxylation is 1. The molecule has 1 aliphatic rings. The van der Waals surface area contributed by atoms with E-state index in [9.17, 15) is 9.59 Å². The fourth-order valence-corrected chi connectivity index (χ4v) is 2.15. The molecule has 0 bridgehead atoms. The van der Waals surface area contributed by atoms with Crippen LogP contribution in [-0.2, 0) is 9.53 Å². The summed E-state index contributed by atoms with van der Waals surface area (Å²) in [5.74, 6) is -0.0621. The number of methoxy groups -OCH3 is 1. The third-order valence-corrected chi connectivity index (χ3v) is 3.35. The lowest BCUT2D eigenvalue weighted by Gasteiger charge is -2.34. The second-order valence-electron chi connectivity index (χ2n) is 4.79. The minimum atomic E-state index is -0.0312. The zero-order valence-corrected chi connectivity index (χ0v) is 11.8. The van der Waals surface area contributed by atoms with E-state index in [-0.39, 0.29) is 18.4 Å². The predicted octanol–water partition coefficient (Wildman–Crippen LogP) is 0.321. The van der Waals surface area contributed by atoms with Crippen molar-refractivity contribution >= 4 is 11.8 Å². The van der Waals surface area contributed by atoms with Gasteiger partial charge in [-0.15, -0.1) is 0 Å². The van der Waals surface area contributed by atoms with E-state index in [1.54, 1.807) is 22.1 Å². The molecule has 0 atom stereocenters. The van der Waals surface area contributed by atoms with Gasteiger partial charge in [0.15, 0.2) is 0 Å².